The third-order valence-corrected chi connectivity index (χ3v) is 6.25. The molecule has 3 rings (SSSR count). The number of aromatic nitrogens is 1. The molecular formula is C35H40N4O3. The van der Waals surface area contributed by atoms with E-state index in [4.69, 9.17) is 15.3 Å². The predicted molar refractivity (Wildman–Crippen MR) is 169 cm³/mol. The molecular weight excluding hydrogens is 524 g/mol. The van der Waals surface area contributed by atoms with Crippen LogP contribution < -0.4 is 5.32 Å². The summed E-state index contributed by atoms with van der Waals surface area (Å²) in [5.41, 5.74) is 7.67. The molecule has 1 amide bonds. The summed E-state index contributed by atoms with van der Waals surface area (Å²) in [5.74, 6) is -0.533. The fraction of sp³-hybridized carbons (Fsp3) is 0.257. The Labute approximate surface area is 250 Å². The highest BCUT2D eigenvalue weighted by Gasteiger charge is 2.25. The molecule has 0 fully saturated rings. The first-order valence-electron chi connectivity index (χ1n) is 13.6. The van der Waals surface area contributed by atoms with Gasteiger partial charge in [0.25, 0.3) is 5.91 Å². The van der Waals surface area contributed by atoms with Crippen molar-refractivity contribution in [2.24, 2.45) is 0 Å². The number of hydrogen-bond acceptors (Lipinski definition) is 5. The van der Waals surface area contributed by atoms with Crippen molar-refractivity contribution in [3.8, 4) is 23.3 Å². The zero-order valence-electron chi connectivity index (χ0n) is 25.8. The molecule has 0 bridgehead atoms. The Kier molecular flexibility index (Phi) is 14.6. The molecule has 218 valence electrons. The predicted octanol–water partition coefficient (Wildman–Crippen LogP) is 7.45. The van der Waals surface area contributed by atoms with Gasteiger partial charge in [0.15, 0.2) is 0 Å². The molecule has 0 aliphatic rings. The van der Waals surface area contributed by atoms with E-state index in [0.717, 1.165) is 33.7 Å². The van der Waals surface area contributed by atoms with Gasteiger partial charge >= 0.3 is 5.97 Å². The summed E-state index contributed by atoms with van der Waals surface area (Å²) >= 11 is 0. The molecule has 42 heavy (non-hydrogen) atoms. The molecule has 0 saturated carbocycles. The maximum atomic E-state index is 12.6. The average Bonchev–Trinajstić information content (AvgIpc) is 3.27. The molecule has 1 aromatic heterocycles. The molecule has 0 spiro atoms. The molecule has 0 radical (unpaired) electrons. The molecule has 2 aromatic carbocycles. The Morgan fingerprint density at radius 1 is 1.00 bits per heavy atom. The summed E-state index contributed by atoms with van der Waals surface area (Å²) < 4.78 is 7.11. The van der Waals surface area contributed by atoms with Crippen molar-refractivity contribution in [2.45, 2.75) is 48.1 Å². The van der Waals surface area contributed by atoms with Crippen molar-refractivity contribution >= 4 is 11.9 Å². The van der Waals surface area contributed by atoms with E-state index in [1.165, 1.54) is 7.11 Å². The molecule has 0 unspecified atom stereocenters. The molecule has 1 heterocycles. The van der Waals surface area contributed by atoms with Crippen LogP contribution in [0.4, 0.5) is 0 Å². The van der Waals surface area contributed by atoms with E-state index < -0.39 is 5.97 Å². The lowest BCUT2D eigenvalue weighted by Crippen LogP contribution is -2.17. The summed E-state index contributed by atoms with van der Waals surface area (Å²) in [6, 6.07) is 18.7. The Hall–Kier alpha value is -5.14. The van der Waals surface area contributed by atoms with Crippen molar-refractivity contribution in [2.75, 3.05) is 14.2 Å². The number of amides is 1. The number of esters is 1. The van der Waals surface area contributed by atoms with Gasteiger partial charge in [-0.05, 0) is 69.2 Å². The number of ether oxygens (including phenoxy) is 1. The van der Waals surface area contributed by atoms with Crippen molar-refractivity contribution in [1.29, 1.82) is 10.5 Å². The van der Waals surface area contributed by atoms with Crippen molar-refractivity contribution < 1.29 is 14.3 Å². The van der Waals surface area contributed by atoms with E-state index in [0.29, 0.717) is 28.8 Å². The number of methoxy groups -OCH3 is 1. The molecule has 7 heteroatoms. The van der Waals surface area contributed by atoms with Gasteiger partial charge in [0.1, 0.15) is 0 Å². The third kappa shape index (κ3) is 9.21. The van der Waals surface area contributed by atoms with Gasteiger partial charge in [-0.15, -0.1) is 0 Å². The smallest absolute Gasteiger partial charge is 0.340 e. The highest BCUT2D eigenvalue weighted by molar-refractivity contribution is 5.99. The maximum Gasteiger partial charge on any atom is 0.340 e. The van der Waals surface area contributed by atoms with Crippen LogP contribution in [-0.4, -0.2) is 30.6 Å². The normalized spacial score (nSPS) is 10.3. The fourth-order valence-corrected chi connectivity index (χ4v) is 4.06. The van der Waals surface area contributed by atoms with Gasteiger partial charge in [-0.2, -0.15) is 10.5 Å². The SMILES string of the molecule is C=C(C)/C=C\C(C#N)=C/C.CC.CNC(=O)c1ccc(Cn2c(C)c(C(=O)OC)c(-c3ccc(C#N)cc3)c2C)cc1. The van der Waals surface area contributed by atoms with Crippen molar-refractivity contribution in [1.82, 2.24) is 9.88 Å². The molecule has 1 N–H and O–H groups in total. The lowest BCUT2D eigenvalue weighted by atomic mass is 9.99. The lowest BCUT2D eigenvalue weighted by molar-refractivity contribution is 0.0600. The minimum Gasteiger partial charge on any atom is -0.465 e. The first-order valence-corrected chi connectivity index (χ1v) is 13.6. The summed E-state index contributed by atoms with van der Waals surface area (Å²) in [7, 11) is 2.97. The summed E-state index contributed by atoms with van der Waals surface area (Å²) in [6.45, 7) is 15.8. The van der Waals surface area contributed by atoms with Gasteiger partial charge in [-0.3, -0.25) is 4.79 Å². The zero-order valence-corrected chi connectivity index (χ0v) is 25.8. The second-order valence-corrected chi connectivity index (χ2v) is 9.00. The Balaban J connectivity index is 0.000000624. The Morgan fingerprint density at radius 3 is 2.05 bits per heavy atom. The number of hydrogen-bond donors (Lipinski definition) is 1. The first kappa shape index (κ1) is 34.9. The number of carbonyl (C=O) groups is 2. The van der Waals surface area contributed by atoms with Gasteiger partial charge in [-0.25, -0.2) is 4.79 Å². The lowest BCUT2D eigenvalue weighted by Gasteiger charge is -2.11. The number of carbonyl (C=O) groups excluding carboxylic acids is 2. The fourth-order valence-electron chi connectivity index (χ4n) is 4.06. The van der Waals surface area contributed by atoms with Crippen LogP contribution in [0.25, 0.3) is 11.1 Å². The zero-order chi connectivity index (χ0) is 31.8. The second kappa shape index (κ2) is 17.5. The summed E-state index contributed by atoms with van der Waals surface area (Å²) in [6.07, 6.45) is 5.33. The second-order valence-electron chi connectivity index (χ2n) is 9.00. The molecule has 0 atom stereocenters. The van der Waals surface area contributed by atoms with Gasteiger partial charge < -0.3 is 14.6 Å². The van der Waals surface area contributed by atoms with Gasteiger partial charge in [0, 0.05) is 41.7 Å². The van der Waals surface area contributed by atoms with Gasteiger partial charge in [0.05, 0.1) is 30.4 Å². The maximum absolute atomic E-state index is 12.6. The number of rotatable bonds is 7. The van der Waals surface area contributed by atoms with Gasteiger partial charge in [-0.1, -0.05) is 62.4 Å². The monoisotopic (exact) mass is 564 g/mol. The van der Waals surface area contributed by atoms with Crippen LogP contribution in [0.1, 0.15) is 70.9 Å². The third-order valence-electron chi connectivity index (χ3n) is 6.25. The molecule has 3 aromatic rings. The minimum absolute atomic E-state index is 0.133. The number of benzene rings is 2. The van der Waals surface area contributed by atoms with E-state index >= 15 is 0 Å². The van der Waals surface area contributed by atoms with E-state index in [2.05, 4.69) is 22.5 Å². The highest BCUT2D eigenvalue weighted by Crippen LogP contribution is 2.33. The topological polar surface area (TPSA) is 108 Å². The van der Waals surface area contributed by atoms with Crippen molar-refractivity contribution in [3.05, 3.63) is 118 Å². The molecule has 0 aliphatic heterocycles. The molecule has 0 saturated heterocycles. The summed E-state index contributed by atoms with van der Waals surface area (Å²) in [5, 5.41) is 20.1. The van der Waals surface area contributed by atoms with Crippen LogP contribution in [0, 0.1) is 36.5 Å². The average molecular weight is 565 g/mol. The van der Waals surface area contributed by atoms with E-state index in [1.54, 1.807) is 43.5 Å². The van der Waals surface area contributed by atoms with Crippen LogP contribution in [0.2, 0.25) is 0 Å². The first-order chi connectivity index (χ1) is 20.1. The quantitative estimate of drug-likeness (QED) is 0.182. The van der Waals surface area contributed by atoms with Crippen LogP contribution in [0.5, 0.6) is 0 Å². The summed E-state index contributed by atoms with van der Waals surface area (Å²) in [4.78, 5) is 24.4. The number of nitriles is 2. The van der Waals surface area contributed by atoms with Crippen LogP contribution in [-0.2, 0) is 11.3 Å². The number of nitrogens with zero attached hydrogens (tertiary/aromatic N) is 3. The highest BCUT2D eigenvalue weighted by atomic mass is 16.5. The largest absolute Gasteiger partial charge is 0.465 e. The molecule has 7 nitrogen and oxygen atoms in total. The van der Waals surface area contributed by atoms with E-state index in [9.17, 15) is 9.59 Å². The van der Waals surface area contributed by atoms with Crippen molar-refractivity contribution in [3.63, 3.8) is 0 Å². The van der Waals surface area contributed by atoms with E-state index in [-0.39, 0.29) is 5.91 Å². The van der Waals surface area contributed by atoms with E-state index in [1.807, 2.05) is 78.0 Å². The standard InChI is InChI=1S/C24H23N3O3.C9H11N.C2H6/c1-15-21(19-9-5-17(13-25)6-10-19)22(24(29)30-4)16(2)27(15)14-18-7-11-20(12-8-18)23(28)26-3;1-4-9(7-10)6-5-8(2)3;1-2/h5-12H,14H2,1-4H3,(H,26,28);4-6H,2H2,1,3H3;1-2H3/b;6-5-,9-4+;. The van der Waals surface area contributed by atoms with Crippen LogP contribution >= 0.6 is 0 Å². The Bertz CT molecular complexity index is 1530. The van der Waals surface area contributed by atoms with Crippen LogP contribution in [0.3, 0.4) is 0 Å². The van der Waals surface area contributed by atoms with Crippen LogP contribution in [0.15, 0.2) is 84.5 Å². The molecule has 0 aliphatic carbocycles. The minimum atomic E-state index is -0.399. The number of allylic oxidation sites excluding steroid dienone is 5. The van der Waals surface area contributed by atoms with Gasteiger partial charge in [0.2, 0.25) is 0 Å². The Morgan fingerprint density at radius 2 is 1.60 bits per heavy atom. The number of nitrogens with one attached hydrogen (secondary N) is 1.